The Bertz CT molecular complexity index is 909. The molecule has 0 aliphatic carbocycles. The van der Waals surface area contributed by atoms with Crippen molar-refractivity contribution in [3.63, 3.8) is 0 Å². The number of halogens is 1. The van der Waals surface area contributed by atoms with Crippen LogP contribution in [0.3, 0.4) is 0 Å². The molecule has 0 saturated carbocycles. The molecular formula is C19H15ClN2O3. The number of rotatable bonds is 3. The monoisotopic (exact) mass is 354 g/mol. The minimum Gasteiger partial charge on any atom is -0.443 e. The van der Waals surface area contributed by atoms with Gasteiger partial charge in [0.2, 0.25) is 0 Å². The number of hydrogen-bond acceptors (Lipinski definition) is 4. The second-order valence-electron chi connectivity index (χ2n) is 5.82. The Kier molecular flexibility index (Phi) is 4.26. The molecule has 6 heteroatoms. The third kappa shape index (κ3) is 3.29. The summed E-state index contributed by atoms with van der Waals surface area (Å²) in [4.78, 5) is 16.4. The Hall–Kier alpha value is -2.63. The molecule has 1 aliphatic heterocycles. The van der Waals surface area contributed by atoms with Crippen molar-refractivity contribution in [2.24, 2.45) is 0 Å². The number of oxazole rings is 1. The molecule has 1 amide bonds. The van der Waals surface area contributed by atoms with Gasteiger partial charge in [0.25, 0.3) is 5.91 Å². The predicted octanol–water partition coefficient (Wildman–Crippen LogP) is 4.08. The van der Waals surface area contributed by atoms with Crippen molar-refractivity contribution in [1.82, 2.24) is 4.98 Å². The third-order valence-corrected chi connectivity index (χ3v) is 4.50. The third-order valence-electron chi connectivity index (χ3n) is 4.19. The number of amides is 1. The summed E-state index contributed by atoms with van der Waals surface area (Å²) in [5, 5.41) is 3.34. The average Bonchev–Trinajstić information content (AvgIpc) is 3.15. The van der Waals surface area contributed by atoms with Gasteiger partial charge in [-0.05, 0) is 29.3 Å². The Labute approximate surface area is 149 Å². The fourth-order valence-corrected chi connectivity index (χ4v) is 3.15. The van der Waals surface area contributed by atoms with Crippen LogP contribution in [0.5, 0.6) is 0 Å². The van der Waals surface area contributed by atoms with Gasteiger partial charge in [-0.2, -0.15) is 0 Å². The van der Waals surface area contributed by atoms with E-state index in [2.05, 4.69) is 10.3 Å². The molecule has 3 aromatic rings. The van der Waals surface area contributed by atoms with Gasteiger partial charge in [-0.25, -0.2) is 4.98 Å². The summed E-state index contributed by atoms with van der Waals surface area (Å²) in [6, 6.07) is 13.2. The van der Waals surface area contributed by atoms with Crippen LogP contribution in [0.4, 0.5) is 5.69 Å². The number of fused-ring (bicyclic) bond motifs is 1. The number of hydrogen-bond donors (Lipinski definition) is 1. The molecule has 5 nitrogen and oxygen atoms in total. The van der Waals surface area contributed by atoms with Gasteiger partial charge in [-0.1, -0.05) is 35.9 Å². The maximum atomic E-state index is 12.5. The van der Waals surface area contributed by atoms with Gasteiger partial charge >= 0.3 is 0 Å². The van der Waals surface area contributed by atoms with Crippen LogP contribution in [0.25, 0.3) is 11.3 Å². The zero-order valence-corrected chi connectivity index (χ0v) is 14.0. The van der Waals surface area contributed by atoms with Crippen LogP contribution < -0.4 is 5.32 Å². The van der Waals surface area contributed by atoms with Crippen LogP contribution in [-0.2, 0) is 22.6 Å². The number of benzene rings is 2. The molecule has 1 aromatic heterocycles. The zero-order chi connectivity index (χ0) is 17.2. The van der Waals surface area contributed by atoms with E-state index in [9.17, 15) is 4.79 Å². The molecule has 1 aliphatic rings. The number of carbonyl (C=O) groups excluding carboxylic acids is 1. The van der Waals surface area contributed by atoms with Crippen LogP contribution in [0, 0.1) is 0 Å². The van der Waals surface area contributed by atoms with E-state index in [-0.39, 0.29) is 5.91 Å². The SMILES string of the molecule is O=C(Nc1ccc(-c2cnco2)c(Cl)c1)C1Cc2ccccc2CO1. The Morgan fingerprint density at radius 2 is 2.04 bits per heavy atom. The van der Waals surface area contributed by atoms with Gasteiger partial charge in [0.1, 0.15) is 6.10 Å². The summed E-state index contributed by atoms with van der Waals surface area (Å²) in [6.07, 6.45) is 2.99. The van der Waals surface area contributed by atoms with Gasteiger partial charge in [-0.15, -0.1) is 0 Å². The highest BCUT2D eigenvalue weighted by molar-refractivity contribution is 6.33. The molecule has 1 unspecified atom stereocenters. The van der Waals surface area contributed by atoms with Gasteiger partial charge in [0, 0.05) is 17.7 Å². The van der Waals surface area contributed by atoms with Crippen molar-refractivity contribution in [3.8, 4) is 11.3 Å². The molecule has 1 N–H and O–H groups in total. The molecule has 25 heavy (non-hydrogen) atoms. The molecule has 4 rings (SSSR count). The van der Waals surface area contributed by atoms with Crippen molar-refractivity contribution in [3.05, 3.63) is 71.2 Å². The molecule has 0 radical (unpaired) electrons. The van der Waals surface area contributed by atoms with Crippen molar-refractivity contribution in [1.29, 1.82) is 0 Å². The summed E-state index contributed by atoms with van der Waals surface area (Å²) in [7, 11) is 0. The van der Waals surface area contributed by atoms with E-state index in [0.29, 0.717) is 29.5 Å². The molecule has 0 bridgehead atoms. The molecule has 0 fully saturated rings. The standard InChI is InChI=1S/C19H15ClN2O3/c20-16-8-14(5-6-15(16)18-9-21-11-25-18)22-19(23)17-7-12-3-1-2-4-13(12)10-24-17/h1-6,8-9,11,17H,7,10H2,(H,22,23). The van der Waals surface area contributed by atoms with Crippen molar-refractivity contribution >= 4 is 23.2 Å². The topological polar surface area (TPSA) is 64.4 Å². The number of ether oxygens (including phenoxy) is 1. The fraction of sp³-hybridized carbons (Fsp3) is 0.158. The van der Waals surface area contributed by atoms with Gasteiger partial charge in [0.15, 0.2) is 12.2 Å². The van der Waals surface area contributed by atoms with Crippen LogP contribution in [-0.4, -0.2) is 17.0 Å². The van der Waals surface area contributed by atoms with Crippen LogP contribution in [0.1, 0.15) is 11.1 Å². The van der Waals surface area contributed by atoms with Gasteiger partial charge < -0.3 is 14.5 Å². The summed E-state index contributed by atoms with van der Waals surface area (Å²) in [6.45, 7) is 0.444. The Balaban J connectivity index is 1.47. The molecule has 0 spiro atoms. The van der Waals surface area contributed by atoms with Gasteiger partial charge in [-0.3, -0.25) is 4.79 Å². The van der Waals surface area contributed by atoms with Crippen LogP contribution >= 0.6 is 11.6 Å². The Morgan fingerprint density at radius 3 is 2.80 bits per heavy atom. The maximum Gasteiger partial charge on any atom is 0.253 e. The molecular weight excluding hydrogens is 340 g/mol. The molecule has 2 aromatic carbocycles. The van der Waals surface area contributed by atoms with E-state index in [1.807, 2.05) is 24.3 Å². The minimum absolute atomic E-state index is 0.182. The van der Waals surface area contributed by atoms with Crippen molar-refractivity contribution in [2.75, 3.05) is 5.32 Å². The summed E-state index contributed by atoms with van der Waals surface area (Å²) < 4.78 is 10.9. The Morgan fingerprint density at radius 1 is 1.20 bits per heavy atom. The molecule has 0 saturated heterocycles. The first-order chi connectivity index (χ1) is 12.2. The lowest BCUT2D eigenvalue weighted by Crippen LogP contribution is -2.35. The average molecular weight is 355 g/mol. The fourth-order valence-electron chi connectivity index (χ4n) is 2.88. The van der Waals surface area contributed by atoms with Crippen molar-refractivity contribution < 1.29 is 13.9 Å². The first kappa shape index (κ1) is 15.9. The van der Waals surface area contributed by atoms with E-state index < -0.39 is 6.10 Å². The lowest BCUT2D eigenvalue weighted by Gasteiger charge is -2.24. The second-order valence-corrected chi connectivity index (χ2v) is 6.23. The quantitative estimate of drug-likeness (QED) is 0.769. The minimum atomic E-state index is -0.511. The van der Waals surface area contributed by atoms with E-state index >= 15 is 0 Å². The van der Waals surface area contributed by atoms with E-state index in [1.54, 1.807) is 24.4 Å². The lowest BCUT2D eigenvalue weighted by molar-refractivity contribution is -0.129. The molecule has 2 heterocycles. The smallest absolute Gasteiger partial charge is 0.253 e. The summed E-state index contributed by atoms with van der Waals surface area (Å²) in [5.41, 5.74) is 3.61. The van der Waals surface area contributed by atoms with E-state index in [0.717, 1.165) is 16.7 Å². The summed E-state index contributed by atoms with van der Waals surface area (Å²) >= 11 is 6.29. The second kappa shape index (κ2) is 6.70. The van der Waals surface area contributed by atoms with E-state index in [4.69, 9.17) is 20.8 Å². The zero-order valence-electron chi connectivity index (χ0n) is 13.2. The number of aromatic nitrogens is 1. The predicted molar refractivity (Wildman–Crippen MR) is 94.3 cm³/mol. The highest BCUT2D eigenvalue weighted by Crippen LogP contribution is 2.30. The lowest BCUT2D eigenvalue weighted by atomic mass is 9.99. The van der Waals surface area contributed by atoms with Crippen molar-refractivity contribution in [2.45, 2.75) is 19.1 Å². The van der Waals surface area contributed by atoms with Gasteiger partial charge in [0.05, 0.1) is 17.8 Å². The first-order valence-corrected chi connectivity index (χ1v) is 8.26. The largest absolute Gasteiger partial charge is 0.443 e. The first-order valence-electron chi connectivity index (χ1n) is 7.88. The highest BCUT2D eigenvalue weighted by atomic mass is 35.5. The number of nitrogens with one attached hydrogen (secondary N) is 1. The van der Waals surface area contributed by atoms with Crippen LogP contribution in [0.2, 0.25) is 5.02 Å². The summed E-state index contributed by atoms with van der Waals surface area (Å²) in [5.74, 6) is 0.396. The van der Waals surface area contributed by atoms with E-state index in [1.165, 1.54) is 6.39 Å². The molecule has 126 valence electrons. The number of anilines is 1. The van der Waals surface area contributed by atoms with Crippen LogP contribution in [0.15, 0.2) is 59.5 Å². The number of nitrogens with zero attached hydrogens (tertiary/aromatic N) is 1. The molecule has 1 atom stereocenters. The highest BCUT2D eigenvalue weighted by Gasteiger charge is 2.25. The normalized spacial score (nSPS) is 16.3. The number of carbonyl (C=O) groups is 1. The maximum absolute atomic E-state index is 12.5.